The SMILES string of the molecule is O=[N+]([O-])c1ccc(OCCCSc2ncnc3c2cnn3-c2ccccc2)cc1. The molecule has 0 fully saturated rings. The minimum absolute atomic E-state index is 0.0525. The van der Waals surface area contributed by atoms with Crippen LogP contribution in [0.1, 0.15) is 6.42 Å². The molecule has 0 saturated carbocycles. The van der Waals surface area contributed by atoms with E-state index in [9.17, 15) is 10.1 Å². The maximum absolute atomic E-state index is 10.7. The maximum Gasteiger partial charge on any atom is 0.269 e. The normalized spacial score (nSPS) is 10.9. The van der Waals surface area contributed by atoms with E-state index in [1.54, 1.807) is 41.1 Å². The van der Waals surface area contributed by atoms with Gasteiger partial charge in [0.15, 0.2) is 5.65 Å². The first-order valence-corrected chi connectivity index (χ1v) is 9.95. The van der Waals surface area contributed by atoms with Crippen molar-refractivity contribution in [3.8, 4) is 11.4 Å². The molecule has 0 saturated heterocycles. The zero-order valence-electron chi connectivity index (χ0n) is 15.3. The summed E-state index contributed by atoms with van der Waals surface area (Å²) < 4.78 is 7.45. The molecular weight excluding hydrogens is 390 g/mol. The molecule has 0 amide bonds. The molecule has 2 heterocycles. The molecule has 0 radical (unpaired) electrons. The highest BCUT2D eigenvalue weighted by Gasteiger charge is 2.11. The second kappa shape index (κ2) is 8.70. The van der Waals surface area contributed by atoms with Gasteiger partial charge in [-0.05, 0) is 30.7 Å². The van der Waals surface area contributed by atoms with Crippen molar-refractivity contribution in [2.45, 2.75) is 11.4 Å². The van der Waals surface area contributed by atoms with Crippen LogP contribution in [0.15, 0.2) is 72.1 Å². The van der Waals surface area contributed by atoms with Gasteiger partial charge >= 0.3 is 0 Å². The maximum atomic E-state index is 10.7. The molecule has 4 aromatic rings. The number of nitro benzene ring substituents is 1. The van der Waals surface area contributed by atoms with Crippen molar-refractivity contribution in [3.63, 3.8) is 0 Å². The highest BCUT2D eigenvalue weighted by molar-refractivity contribution is 7.99. The van der Waals surface area contributed by atoms with Gasteiger partial charge in [0.2, 0.25) is 0 Å². The van der Waals surface area contributed by atoms with Crippen molar-refractivity contribution in [2.75, 3.05) is 12.4 Å². The molecule has 146 valence electrons. The Bertz CT molecular complexity index is 1120. The summed E-state index contributed by atoms with van der Waals surface area (Å²) in [5.41, 5.74) is 1.78. The Morgan fingerprint density at radius 2 is 1.86 bits per heavy atom. The third-order valence-corrected chi connectivity index (χ3v) is 5.27. The van der Waals surface area contributed by atoms with E-state index in [0.717, 1.165) is 33.9 Å². The van der Waals surface area contributed by atoms with Crippen LogP contribution in [0.25, 0.3) is 16.7 Å². The molecule has 4 rings (SSSR count). The second-order valence-electron chi connectivity index (χ2n) is 6.11. The van der Waals surface area contributed by atoms with E-state index in [1.165, 1.54) is 12.1 Å². The van der Waals surface area contributed by atoms with Crippen LogP contribution in [-0.2, 0) is 0 Å². The molecule has 0 aliphatic carbocycles. The number of aromatic nitrogens is 4. The van der Waals surface area contributed by atoms with Gasteiger partial charge in [-0.15, -0.1) is 11.8 Å². The molecule has 2 aromatic heterocycles. The molecule has 0 atom stereocenters. The van der Waals surface area contributed by atoms with Gasteiger partial charge in [0.05, 0.1) is 28.8 Å². The Morgan fingerprint density at radius 3 is 2.62 bits per heavy atom. The van der Waals surface area contributed by atoms with E-state index >= 15 is 0 Å². The van der Waals surface area contributed by atoms with Crippen molar-refractivity contribution in [1.82, 2.24) is 19.7 Å². The zero-order chi connectivity index (χ0) is 20.1. The van der Waals surface area contributed by atoms with Crippen LogP contribution in [0.4, 0.5) is 5.69 Å². The lowest BCUT2D eigenvalue weighted by atomic mass is 10.3. The highest BCUT2D eigenvalue weighted by Crippen LogP contribution is 2.26. The summed E-state index contributed by atoms with van der Waals surface area (Å²) in [5, 5.41) is 16.9. The van der Waals surface area contributed by atoms with Crippen LogP contribution >= 0.6 is 11.8 Å². The molecule has 0 spiro atoms. The summed E-state index contributed by atoms with van der Waals surface area (Å²) >= 11 is 1.63. The van der Waals surface area contributed by atoms with Gasteiger partial charge in [0.25, 0.3) is 5.69 Å². The van der Waals surface area contributed by atoms with Crippen LogP contribution < -0.4 is 4.74 Å². The minimum Gasteiger partial charge on any atom is -0.494 e. The number of benzene rings is 2. The predicted octanol–water partition coefficient (Wildman–Crippen LogP) is 4.28. The van der Waals surface area contributed by atoms with Crippen LogP contribution in [0, 0.1) is 10.1 Å². The van der Waals surface area contributed by atoms with Crippen molar-refractivity contribution in [2.24, 2.45) is 0 Å². The van der Waals surface area contributed by atoms with E-state index in [2.05, 4.69) is 15.1 Å². The van der Waals surface area contributed by atoms with Crippen molar-refractivity contribution >= 4 is 28.5 Å². The summed E-state index contributed by atoms with van der Waals surface area (Å²) in [7, 11) is 0. The number of non-ortho nitro benzene ring substituents is 1. The van der Waals surface area contributed by atoms with E-state index in [4.69, 9.17) is 4.74 Å². The lowest BCUT2D eigenvalue weighted by Gasteiger charge is -2.06. The molecule has 9 heteroatoms. The number of fused-ring (bicyclic) bond motifs is 1. The van der Waals surface area contributed by atoms with E-state index in [-0.39, 0.29) is 5.69 Å². The number of para-hydroxylation sites is 1. The minimum atomic E-state index is -0.428. The number of hydrogen-bond donors (Lipinski definition) is 0. The second-order valence-corrected chi connectivity index (χ2v) is 7.19. The largest absolute Gasteiger partial charge is 0.494 e. The zero-order valence-corrected chi connectivity index (χ0v) is 16.2. The van der Waals surface area contributed by atoms with Gasteiger partial charge in [0.1, 0.15) is 17.1 Å². The average Bonchev–Trinajstić information content (AvgIpc) is 3.19. The fraction of sp³-hybridized carbons (Fsp3) is 0.150. The van der Waals surface area contributed by atoms with Crippen LogP contribution in [0.2, 0.25) is 0 Å². The Balaban J connectivity index is 1.34. The van der Waals surface area contributed by atoms with Gasteiger partial charge in [-0.2, -0.15) is 5.10 Å². The van der Waals surface area contributed by atoms with Crippen LogP contribution in [0.5, 0.6) is 5.75 Å². The summed E-state index contributed by atoms with van der Waals surface area (Å²) in [6, 6.07) is 15.9. The Hall–Kier alpha value is -3.46. The molecule has 0 N–H and O–H groups in total. The molecule has 0 bridgehead atoms. The standard InChI is InChI=1S/C20H17N5O3S/c26-25(27)16-7-9-17(10-8-16)28-11-4-12-29-20-18-13-23-24(19(18)21-14-22-20)15-5-2-1-3-6-15/h1-3,5-10,13-14H,4,11-12H2. The number of nitro groups is 1. The van der Waals surface area contributed by atoms with Gasteiger partial charge in [-0.25, -0.2) is 14.6 Å². The fourth-order valence-corrected chi connectivity index (χ4v) is 3.65. The van der Waals surface area contributed by atoms with E-state index in [0.29, 0.717) is 12.4 Å². The molecule has 0 unspecified atom stereocenters. The van der Waals surface area contributed by atoms with E-state index < -0.39 is 4.92 Å². The third kappa shape index (κ3) is 4.35. The first-order valence-electron chi connectivity index (χ1n) is 8.96. The number of thioether (sulfide) groups is 1. The Labute approximate surface area is 170 Å². The summed E-state index contributed by atoms with van der Waals surface area (Å²) in [5.74, 6) is 1.43. The van der Waals surface area contributed by atoms with E-state index in [1.807, 2.05) is 30.3 Å². The molecule has 2 aromatic carbocycles. The third-order valence-electron chi connectivity index (χ3n) is 4.17. The van der Waals surface area contributed by atoms with Crippen LogP contribution in [0.3, 0.4) is 0 Å². The topological polar surface area (TPSA) is 96.0 Å². The van der Waals surface area contributed by atoms with Gasteiger partial charge < -0.3 is 4.74 Å². The average molecular weight is 407 g/mol. The summed E-state index contributed by atoms with van der Waals surface area (Å²) in [6.45, 7) is 0.516. The molecule has 29 heavy (non-hydrogen) atoms. The molecule has 0 aliphatic heterocycles. The number of rotatable bonds is 8. The summed E-state index contributed by atoms with van der Waals surface area (Å²) in [4.78, 5) is 19.0. The quantitative estimate of drug-likeness (QED) is 0.141. The van der Waals surface area contributed by atoms with Crippen molar-refractivity contribution in [1.29, 1.82) is 0 Å². The number of ether oxygens (including phenoxy) is 1. The van der Waals surface area contributed by atoms with Gasteiger partial charge in [-0.1, -0.05) is 18.2 Å². The van der Waals surface area contributed by atoms with Crippen LogP contribution in [-0.4, -0.2) is 37.0 Å². The Kier molecular flexibility index (Phi) is 5.66. The first kappa shape index (κ1) is 18.9. The predicted molar refractivity (Wildman–Crippen MR) is 111 cm³/mol. The number of hydrogen-bond acceptors (Lipinski definition) is 7. The monoisotopic (exact) mass is 407 g/mol. The van der Waals surface area contributed by atoms with Crippen molar-refractivity contribution < 1.29 is 9.66 Å². The lowest BCUT2D eigenvalue weighted by molar-refractivity contribution is -0.384. The number of nitrogens with zero attached hydrogens (tertiary/aromatic N) is 5. The molecule has 8 nitrogen and oxygen atoms in total. The highest BCUT2D eigenvalue weighted by atomic mass is 32.2. The van der Waals surface area contributed by atoms with Crippen molar-refractivity contribution in [3.05, 3.63) is 77.2 Å². The van der Waals surface area contributed by atoms with Gasteiger partial charge in [-0.3, -0.25) is 10.1 Å². The summed E-state index contributed by atoms with van der Waals surface area (Å²) in [6.07, 6.45) is 4.15. The lowest BCUT2D eigenvalue weighted by Crippen LogP contribution is -2.00. The fourth-order valence-electron chi connectivity index (χ4n) is 2.78. The molecule has 0 aliphatic rings. The van der Waals surface area contributed by atoms with Gasteiger partial charge in [0, 0.05) is 17.9 Å². The smallest absolute Gasteiger partial charge is 0.269 e. The first-order chi connectivity index (χ1) is 14.2. The Morgan fingerprint density at radius 1 is 1.07 bits per heavy atom. The molecular formula is C20H17N5O3S.